The maximum absolute atomic E-state index is 13.7. The van der Waals surface area contributed by atoms with E-state index in [1.54, 1.807) is 68.9 Å². The molecule has 0 aliphatic carbocycles. The number of benzene rings is 5. The fraction of sp³-hybridized carbons (Fsp3) is 0.125. The Morgan fingerprint density at radius 2 is 1.44 bits per heavy atom. The first-order valence-corrected chi connectivity index (χ1v) is 16.1. The minimum absolute atomic E-state index is 0.146. The topological polar surface area (TPSA) is 118 Å². The molecule has 1 unspecified atom stereocenters. The molecule has 6 aromatic rings. The van der Waals surface area contributed by atoms with Gasteiger partial charge in [-0.2, -0.15) is 0 Å². The third kappa shape index (κ3) is 8.29. The van der Waals surface area contributed by atoms with E-state index in [0.29, 0.717) is 40.4 Å². The van der Waals surface area contributed by atoms with E-state index in [2.05, 4.69) is 20.9 Å². The average molecular weight is 665 g/mol. The normalized spacial score (nSPS) is 11.3. The Labute approximate surface area is 290 Å². The Hall–Kier alpha value is -6.55. The quantitative estimate of drug-likeness (QED) is 0.159. The number of carbonyl (C=O) groups excluding carboxylic acids is 3. The van der Waals surface area contributed by atoms with E-state index in [-0.39, 0.29) is 18.4 Å². The summed E-state index contributed by atoms with van der Waals surface area (Å²) in [6.07, 6.45) is 1.96. The molecule has 2 N–H and O–H groups in total. The summed E-state index contributed by atoms with van der Waals surface area (Å²) in [5, 5.41) is 14.3. The maximum Gasteiger partial charge on any atom is 0.255 e. The van der Waals surface area contributed by atoms with Gasteiger partial charge in [0.25, 0.3) is 5.91 Å². The van der Waals surface area contributed by atoms with Crippen molar-refractivity contribution in [2.75, 3.05) is 24.4 Å². The van der Waals surface area contributed by atoms with Gasteiger partial charge in [0.05, 0.1) is 13.3 Å². The molecule has 0 spiro atoms. The molecule has 1 atom stereocenters. The van der Waals surface area contributed by atoms with Gasteiger partial charge < -0.3 is 20.3 Å². The zero-order valence-electron chi connectivity index (χ0n) is 27.7. The number of anilines is 2. The van der Waals surface area contributed by atoms with Gasteiger partial charge in [-0.15, -0.1) is 5.10 Å². The van der Waals surface area contributed by atoms with E-state index in [4.69, 9.17) is 4.74 Å². The van der Waals surface area contributed by atoms with Crippen LogP contribution in [-0.4, -0.2) is 52.9 Å². The van der Waals surface area contributed by atoms with Crippen LogP contribution in [0.3, 0.4) is 0 Å². The van der Waals surface area contributed by atoms with Crippen molar-refractivity contribution >= 4 is 29.1 Å². The van der Waals surface area contributed by atoms with Crippen LogP contribution in [0.5, 0.6) is 5.75 Å². The minimum Gasteiger partial charge on any atom is -0.497 e. The minimum atomic E-state index is -0.824. The number of nitrogens with one attached hydrogen (secondary N) is 2. The van der Waals surface area contributed by atoms with Gasteiger partial charge in [0, 0.05) is 36.0 Å². The van der Waals surface area contributed by atoms with Crippen LogP contribution in [0.4, 0.5) is 11.4 Å². The molecule has 0 radical (unpaired) electrons. The highest BCUT2D eigenvalue weighted by molar-refractivity contribution is 6.04. The molecular weight excluding hydrogens is 628 g/mol. The molecule has 10 heteroatoms. The highest BCUT2D eigenvalue weighted by Gasteiger charge is 2.26. The van der Waals surface area contributed by atoms with Gasteiger partial charge in [0.1, 0.15) is 24.0 Å². The van der Waals surface area contributed by atoms with Crippen LogP contribution in [0.15, 0.2) is 140 Å². The molecule has 6 rings (SSSR count). The van der Waals surface area contributed by atoms with Crippen molar-refractivity contribution in [3.05, 3.63) is 151 Å². The molecule has 50 heavy (non-hydrogen) atoms. The number of hydrogen-bond donors (Lipinski definition) is 2. The first-order chi connectivity index (χ1) is 24.4. The summed E-state index contributed by atoms with van der Waals surface area (Å²) in [7, 11) is 3.26. The molecule has 3 amide bonds. The molecule has 0 saturated carbocycles. The van der Waals surface area contributed by atoms with Crippen LogP contribution in [-0.2, 0) is 22.6 Å². The number of carbonyl (C=O) groups is 3. The summed E-state index contributed by atoms with van der Waals surface area (Å²) in [6.45, 7) is -0.146. The lowest BCUT2D eigenvalue weighted by Gasteiger charge is -2.25. The summed E-state index contributed by atoms with van der Waals surface area (Å²) in [6, 6.07) is 40.5. The first kappa shape index (κ1) is 33.4. The number of ether oxygens (including phenoxy) is 1. The monoisotopic (exact) mass is 664 g/mol. The Morgan fingerprint density at radius 3 is 2.14 bits per heavy atom. The fourth-order valence-electron chi connectivity index (χ4n) is 5.52. The van der Waals surface area contributed by atoms with Gasteiger partial charge in [0.15, 0.2) is 0 Å². The smallest absolute Gasteiger partial charge is 0.255 e. The lowest BCUT2D eigenvalue weighted by Crippen LogP contribution is -2.49. The SMILES string of the molecule is COc1ccc(N(C)C(=O)C(Cc2ccccc2)NC(=O)Cn2cc(-c3cccc(NC(=O)c4ccc(-c5ccccc5)cc4)c3)nn2)cc1. The van der Waals surface area contributed by atoms with Gasteiger partial charge in [-0.25, -0.2) is 4.68 Å². The van der Waals surface area contributed by atoms with Crippen LogP contribution >= 0.6 is 0 Å². The Balaban J connectivity index is 1.10. The molecule has 5 aromatic carbocycles. The Bertz CT molecular complexity index is 2060. The molecule has 0 aliphatic rings. The largest absolute Gasteiger partial charge is 0.497 e. The average Bonchev–Trinajstić information content (AvgIpc) is 3.63. The van der Waals surface area contributed by atoms with Crippen LogP contribution < -0.4 is 20.3 Å². The Morgan fingerprint density at radius 1 is 0.780 bits per heavy atom. The van der Waals surface area contributed by atoms with Crippen molar-refractivity contribution in [1.82, 2.24) is 20.3 Å². The number of likely N-dealkylation sites (N-methyl/N-ethyl adjacent to an activating group) is 1. The molecule has 1 aromatic heterocycles. The van der Waals surface area contributed by atoms with Gasteiger partial charge >= 0.3 is 0 Å². The predicted molar refractivity (Wildman–Crippen MR) is 194 cm³/mol. The number of aromatic nitrogens is 3. The van der Waals surface area contributed by atoms with Crippen molar-refractivity contribution in [2.45, 2.75) is 19.0 Å². The highest BCUT2D eigenvalue weighted by atomic mass is 16.5. The number of amides is 3. The van der Waals surface area contributed by atoms with Crippen molar-refractivity contribution in [1.29, 1.82) is 0 Å². The molecule has 0 fully saturated rings. The van der Waals surface area contributed by atoms with Gasteiger partial charge in [-0.1, -0.05) is 90.1 Å². The van der Waals surface area contributed by atoms with Crippen LogP contribution in [0.2, 0.25) is 0 Å². The van der Waals surface area contributed by atoms with Crippen LogP contribution in [0.1, 0.15) is 15.9 Å². The molecule has 0 bridgehead atoms. The fourth-order valence-corrected chi connectivity index (χ4v) is 5.52. The molecule has 10 nitrogen and oxygen atoms in total. The van der Waals surface area contributed by atoms with E-state index in [1.165, 1.54) is 9.58 Å². The summed E-state index contributed by atoms with van der Waals surface area (Å²) in [5.74, 6) is -0.215. The van der Waals surface area contributed by atoms with Gasteiger partial charge in [0.2, 0.25) is 11.8 Å². The third-order valence-electron chi connectivity index (χ3n) is 8.22. The second kappa shape index (κ2) is 15.6. The van der Waals surface area contributed by atoms with E-state index < -0.39 is 11.9 Å². The van der Waals surface area contributed by atoms with Crippen LogP contribution in [0.25, 0.3) is 22.4 Å². The Kier molecular flexibility index (Phi) is 10.4. The predicted octanol–water partition coefficient (Wildman–Crippen LogP) is 6.26. The number of rotatable bonds is 12. The van der Waals surface area contributed by atoms with E-state index in [1.807, 2.05) is 84.9 Å². The number of methoxy groups -OCH3 is 1. The molecule has 0 aliphatic heterocycles. The highest BCUT2D eigenvalue weighted by Crippen LogP contribution is 2.23. The van der Waals surface area contributed by atoms with E-state index in [0.717, 1.165) is 16.7 Å². The third-order valence-corrected chi connectivity index (χ3v) is 8.22. The summed E-state index contributed by atoms with van der Waals surface area (Å²) in [5.41, 5.74) is 6.05. The standard InChI is InChI=1S/C40H36N6O4/c1-45(34-20-22-35(50-2)23-21-34)40(49)36(24-28-10-5-3-6-11-28)42-38(47)27-46-26-37(43-44-46)32-14-9-15-33(25-32)41-39(48)31-18-16-30(17-19-31)29-12-7-4-8-13-29/h3-23,25-26,36H,24,27H2,1-2H3,(H,41,48)(H,42,47). The van der Waals surface area contributed by atoms with Crippen molar-refractivity contribution in [3.8, 4) is 28.1 Å². The molecule has 0 saturated heterocycles. The van der Waals surface area contributed by atoms with Gasteiger partial charge in [-0.3, -0.25) is 14.4 Å². The zero-order valence-corrected chi connectivity index (χ0v) is 27.7. The lowest BCUT2D eigenvalue weighted by atomic mass is 10.0. The molecule has 1 heterocycles. The second-order valence-corrected chi connectivity index (χ2v) is 11.7. The van der Waals surface area contributed by atoms with E-state index in [9.17, 15) is 14.4 Å². The van der Waals surface area contributed by atoms with E-state index >= 15 is 0 Å². The second-order valence-electron chi connectivity index (χ2n) is 11.7. The van der Waals surface area contributed by atoms with Crippen molar-refractivity contribution < 1.29 is 19.1 Å². The van der Waals surface area contributed by atoms with Crippen molar-refractivity contribution in [3.63, 3.8) is 0 Å². The van der Waals surface area contributed by atoms with Gasteiger partial charge in [-0.05, 0) is 65.2 Å². The summed E-state index contributed by atoms with van der Waals surface area (Å²) in [4.78, 5) is 41.5. The summed E-state index contributed by atoms with van der Waals surface area (Å²) >= 11 is 0. The molecule has 250 valence electrons. The number of nitrogens with zero attached hydrogens (tertiary/aromatic N) is 4. The summed E-state index contributed by atoms with van der Waals surface area (Å²) < 4.78 is 6.66. The molecular formula is C40H36N6O4. The first-order valence-electron chi connectivity index (χ1n) is 16.1. The number of hydrogen-bond acceptors (Lipinski definition) is 6. The maximum atomic E-state index is 13.7. The lowest BCUT2D eigenvalue weighted by molar-refractivity contribution is -0.127. The van der Waals surface area contributed by atoms with Crippen LogP contribution in [0, 0.1) is 0 Å². The zero-order chi connectivity index (χ0) is 34.9. The van der Waals surface area contributed by atoms with Crippen molar-refractivity contribution in [2.24, 2.45) is 0 Å².